The predicted molar refractivity (Wildman–Crippen MR) is 74.2 cm³/mol. The molecule has 2 heterocycles. The van der Waals surface area contributed by atoms with Gasteiger partial charge in [-0.1, -0.05) is 0 Å². The molecule has 0 spiro atoms. The summed E-state index contributed by atoms with van der Waals surface area (Å²) in [6.07, 6.45) is 4.55. The Morgan fingerprint density at radius 1 is 1.33 bits per heavy atom. The molecule has 0 bridgehead atoms. The van der Waals surface area contributed by atoms with Crippen molar-refractivity contribution in [1.29, 1.82) is 0 Å². The maximum absolute atomic E-state index is 12.0. The number of urea groups is 1. The van der Waals surface area contributed by atoms with Gasteiger partial charge < -0.3 is 20.5 Å². The molecule has 1 aliphatic heterocycles. The van der Waals surface area contributed by atoms with Gasteiger partial charge in [-0.25, -0.2) is 14.6 Å². The average Bonchev–Trinajstić information content (AvgIpc) is 3.20. The second-order valence-corrected chi connectivity index (χ2v) is 5.37. The number of pyridine rings is 1. The van der Waals surface area contributed by atoms with Crippen molar-refractivity contribution in [2.75, 3.05) is 11.9 Å². The minimum atomic E-state index is -1.18. The van der Waals surface area contributed by atoms with Crippen LogP contribution in [-0.4, -0.2) is 40.8 Å². The number of hydrogen-bond donors (Lipinski definition) is 3. The minimum Gasteiger partial charge on any atom is -0.476 e. The number of amides is 2. The van der Waals surface area contributed by atoms with Crippen LogP contribution in [0.5, 0.6) is 0 Å². The molecule has 0 aromatic carbocycles. The van der Waals surface area contributed by atoms with E-state index in [1.807, 2.05) is 0 Å². The first-order valence-electron chi connectivity index (χ1n) is 7.02. The molecule has 2 aliphatic rings. The highest BCUT2D eigenvalue weighted by Crippen LogP contribution is 2.38. The zero-order valence-corrected chi connectivity index (χ0v) is 11.4. The number of carbonyl (C=O) groups is 2. The molecule has 2 unspecified atom stereocenters. The van der Waals surface area contributed by atoms with E-state index in [-0.39, 0.29) is 23.5 Å². The molecule has 1 saturated carbocycles. The summed E-state index contributed by atoms with van der Waals surface area (Å²) in [5, 5.41) is 14.5. The van der Waals surface area contributed by atoms with Crippen LogP contribution in [0.25, 0.3) is 0 Å². The molecule has 2 atom stereocenters. The number of anilines is 1. The third-order valence-electron chi connectivity index (χ3n) is 3.80. The van der Waals surface area contributed by atoms with Crippen molar-refractivity contribution in [3.63, 3.8) is 0 Å². The van der Waals surface area contributed by atoms with Crippen molar-refractivity contribution in [3.8, 4) is 0 Å². The Hall–Kier alpha value is -2.15. The van der Waals surface area contributed by atoms with Crippen molar-refractivity contribution >= 4 is 17.7 Å². The van der Waals surface area contributed by atoms with Gasteiger partial charge in [-0.2, -0.15) is 0 Å². The number of carboxylic acid groups (broad SMARTS) is 1. The predicted octanol–water partition coefficient (Wildman–Crippen LogP) is 1.47. The van der Waals surface area contributed by atoms with E-state index in [0.29, 0.717) is 12.5 Å². The van der Waals surface area contributed by atoms with E-state index in [1.165, 1.54) is 12.3 Å². The van der Waals surface area contributed by atoms with E-state index in [0.717, 1.165) is 19.3 Å². The van der Waals surface area contributed by atoms with E-state index < -0.39 is 12.0 Å². The summed E-state index contributed by atoms with van der Waals surface area (Å²) in [5.41, 5.74) is 0.0125. The van der Waals surface area contributed by atoms with Crippen molar-refractivity contribution < 1.29 is 19.4 Å². The molecule has 1 aromatic heterocycles. The monoisotopic (exact) mass is 291 g/mol. The van der Waals surface area contributed by atoms with Gasteiger partial charge in [0.25, 0.3) is 0 Å². The molecular formula is C14H17N3O4. The van der Waals surface area contributed by atoms with Gasteiger partial charge in [0.2, 0.25) is 0 Å². The summed E-state index contributed by atoms with van der Waals surface area (Å²) < 4.78 is 5.65. The van der Waals surface area contributed by atoms with Gasteiger partial charge in [0.15, 0.2) is 5.69 Å². The standard InChI is InChI=1S/C14H17N3O4/c18-13(19)11-9(2-1-6-15-11)16-14(20)17-10-5-7-21-12(10)8-3-4-8/h1-2,6,8,10,12H,3-5,7H2,(H,18,19)(H2,16,17,20). The zero-order chi connectivity index (χ0) is 14.8. The fourth-order valence-electron chi connectivity index (χ4n) is 2.66. The summed E-state index contributed by atoms with van der Waals surface area (Å²) in [7, 11) is 0. The summed E-state index contributed by atoms with van der Waals surface area (Å²) in [5.74, 6) is -0.628. The number of aromatic nitrogens is 1. The van der Waals surface area contributed by atoms with Crippen molar-refractivity contribution in [3.05, 3.63) is 24.0 Å². The largest absolute Gasteiger partial charge is 0.476 e. The number of nitrogens with zero attached hydrogens (tertiary/aromatic N) is 1. The lowest BCUT2D eigenvalue weighted by atomic mass is 10.1. The molecule has 1 aliphatic carbocycles. The van der Waals surface area contributed by atoms with Gasteiger partial charge in [-0.05, 0) is 37.3 Å². The van der Waals surface area contributed by atoms with Crippen LogP contribution in [-0.2, 0) is 4.74 Å². The summed E-state index contributed by atoms with van der Waals surface area (Å²) in [6, 6.07) is 2.65. The number of carboxylic acids is 1. The lowest BCUT2D eigenvalue weighted by Crippen LogP contribution is -2.43. The second-order valence-electron chi connectivity index (χ2n) is 5.37. The van der Waals surface area contributed by atoms with Crippen molar-refractivity contribution in [2.24, 2.45) is 5.92 Å². The highest BCUT2D eigenvalue weighted by Gasteiger charge is 2.41. The lowest BCUT2D eigenvalue weighted by Gasteiger charge is -2.19. The molecule has 1 aromatic rings. The molecule has 21 heavy (non-hydrogen) atoms. The number of ether oxygens (including phenoxy) is 1. The fraction of sp³-hybridized carbons (Fsp3) is 0.500. The maximum Gasteiger partial charge on any atom is 0.356 e. The van der Waals surface area contributed by atoms with Gasteiger partial charge in [0.1, 0.15) is 0 Å². The minimum absolute atomic E-state index is 0.0116. The zero-order valence-electron chi connectivity index (χ0n) is 11.4. The SMILES string of the molecule is O=C(Nc1cccnc1C(=O)O)NC1CCOC1C1CC1. The first kappa shape index (κ1) is 13.8. The van der Waals surface area contributed by atoms with E-state index in [2.05, 4.69) is 15.6 Å². The molecule has 2 amide bonds. The molecule has 7 heteroatoms. The maximum atomic E-state index is 12.0. The Morgan fingerprint density at radius 3 is 2.86 bits per heavy atom. The van der Waals surface area contributed by atoms with Gasteiger partial charge >= 0.3 is 12.0 Å². The Kier molecular flexibility index (Phi) is 3.74. The number of nitrogens with one attached hydrogen (secondary N) is 2. The summed E-state index contributed by atoms with van der Waals surface area (Å²) >= 11 is 0. The molecule has 1 saturated heterocycles. The summed E-state index contributed by atoms with van der Waals surface area (Å²) in [4.78, 5) is 26.8. The normalized spacial score (nSPS) is 24.6. The smallest absolute Gasteiger partial charge is 0.356 e. The van der Waals surface area contributed by atoms with Crippen LogP contribution in [0.15, 0.2) is 18.3 Å². The molecule has 3 rings (SSSR count). The van der Waals surface area contributed by atoms with E-state index >= 15 is 0 Å². The Morgan fingerprint density at radius 2 is 2.14 bits per heavy atom. The van der Waals surface area contributed by atoms with Crippen LogP contribution in [0, 0.1) is 5.92 Å². The van der Waals surface area contributed by atoms with Gasteiger partial charge in [-0.3, -0.25) is 0 Å². The van der Waals surface area contributed by atoms with Gasteiger partial charge in [0.05, 0.1) is 17.8 Å². The summed E-state index contributed by atoms with van der Waals surface area (Å²) in [6.45, 7) is 0.652. The third kappa shape index (κ3) is 3.13. The quantitative estimate of drug-likeness (QED) is 0.780. The van der Waals surface area contributed by atoms with Crippen LogP contribution < -0.4 is 10.6 Å². The van der Waals surface area contributed by atoms with Gasteiger partial charge in [-0.15, -0.1) is 0 Å². The first-order chi connectivity index (χ1) is 10.1. The highest BCUT2D eigenvalue weighted by molar-refractivity contribution is 5.98. The van der Waals surface area contributed by atoms with Crippen LogP contribution in [0.2, 0.25) is 0 Å². The van der Waals surface area contributed by atoms with Crippen LogP contribution >= 0.6 is 0 Å². The molecule has 0 radical (unpaired) electrons. The number of rotatable bonds is 4. The molecule has 7 nitrogen and oxygen atoms in total. The van der Waals surface area contributed by atoms with E-state index in [1.54, 1.807) is 6.07 Å². The third-order valence-corrected chi connectivity index (χ3v) is 3.80. The fourth-order valence-corrected chi connectivity index (χ4v) is 2.66. The highest BCUT2D eigenvalue weighted by atomic mass is 16.5. The van der Waals surface area contributed by atoms with Crippen LogP contribution in [0.4, 0.5) is 10.5 Å². The van der Waals surface area contributed by atoms with E-state index in [9.17, 15) is 9.59 Å². The van der Waals surface area contributed by atoms with Crippen LogP contribution in [0.1, 0.15) is 29.8 Å². The van der Waals surface area contributed by atoms with E-state index in [4.69, 9.17) is 9.84 Å². The Labute approximate surface area is 121 Å². The molecule has 3 N–H and O–H groups in total. The second kappa shape index (κ2) is 5.69. The number of aromatic carboxylic acids is 1. The molecule has 112 valence electrons. The van der Waals surface area contributed by atoms with Crippen LogP contribution in [0.3, 0.4) is 0 Å². The van der Waals surface area contributed by atoms with Crippen molar-refractivity contribution in [2.45, 2.75) is 31.4 Å². The number of carbonyl (C=O) groups excluding carboxylic acids is 1. The molecular weight excluding hydrogens is 274 g/mol. The Balaban J connectivity index is 1.62. The average molecular weight is 291 g/mol. The number of hydrogen-bond acceptors (Lipinski definition) is 4. The molecule has 2 fully saturated rings. The Bertz CT molecular complexity index is 559. The van der Waals surface area contributed by atoms with Crippen molar-refractivity contribution in [1.82, 2.24) is 10.3 Å². The lowest BCUT2D eigenvalue weighted by molar-refractivity contribution is 0.0691. The topological polar surface area (TPSA) is 101 Å². The van der Waals surface area contributed by atoms with Gasteiger partial charge in [0, 0.05) is 12.8 Å². The first-order valence-corrected chi connectivity index (χ1v) is 7.02.